The lowest BCUT2D eigenvalue weighted by atomic mass is 10.1. The van der Waals surface area contributed by atoms with E-state index in [1.54, 1.807) is 10.6 Å². The minimum absolute atomic E-state index is 0.192. The van der Waals surface area contributed by atoms with Gasteiger partial charge in [0.25, 0.3) is 5.91 Å². The Morgan fingerprint density at radius 2 is 1.93 bits per heavy atom. The summed E-state index contributed by atoms with van der Waals surface area (Å²) in [5.74, 6) is 0.208. The molecule has 4 aromatic rings. The van der Waals surface area contributed by atoms with E-state index in [9.17, 15) is 9.90 Å². The molecule has 4 rings (SSSR count). The Bertz CT molecular complexity index is 1140. The molecule has 4 N–H and O–H groups in total. The highest BCUT2D eigenvalue weighted by atomic mass is 16.3. The number of carbonyl (C=O) groups excluding carboxylic acids is 1. The zero-order valence-corrected chi connectivity index (χ0v) is 15.7. The molecule has 0 aliphatic rings. The number of nitrogens with two attached hydrogens (primary N) is 1. The Labute approximate surface area is 167 Å². The first-order valence-electron chi connectivity index (χ1n) is 9.33. The van der Waals surface area contributed by atoms with E-state index in [0.717, 1.165) is 16.8 Å². The maximum absolute atomic E-state index is 12.6. The Morgan fingerprint density at radius 3 is 2.76 bits per heavy atom. The number of nitrogen functional groups attached to an aromatic ring is 1. The van der Waals surface area contributed by atoms with Crippen molar-refractivity contribution in [3.8, 4) is 11.3 Å². The predicted molar refractivity (Wildman–Crippen MR) is 111 cm³/mol. The number of hydrogen-bond acceptors (Lipinski definition) is 5. The van der Waals surface area contributed by atoms with Gasteiger partial charge in [0.1, 0.15) is 11.8 Å². The summed E-state index contributed by atoms with van der Waals surface area (Å²) < 4.78 is 1.70. The van der Waals surface area contributed by atoms with E-state index in [0.29, 0.717) is 29.9 Å². The second-order valence-electron chi connectivity index (χ2n) is 6.71. The Kier molecular flexibility index (Phi) is 5.22. The van der Waals surface area contributed by atoms with Gasteiger partial charge in [0.15, 0.2) is 5.82 Å². The number of anilines is 1. The molecule has 2 heterocycles. The number of aliphatic hydroxyl groups is 1. The van der Waals surface area contributed by atoms with Crippen LogP contribution in [0.15, 0.2) is 73.1 Å². The summed E-state index contributed by atoms with van der Waals surface area (Å²) in [7, 11) is 0. The SMILES string of the molecule is Nc1ncnn2c(-c3cccc(C(=O)NCCC(O)c4ccccc4)c3)ccc12. The van der Waals surface area contributed by atoms with Crippen LogP contribution < -0.4 is 11.1 Å². The van der Waals surface area contributed by atoms with Crippen LogP contribution in [0.25, 0.3) is 16.8 Å². The summed E-state index contributed by atoms with van der Waals surface area (Å²) in [5, 5.41) is 17.3. The van der Waals surface area contributed by atoms with E-state index >= 15 is 0 Å². The zero-order chi connectivity index (χ0) is 20.2. The summed E-state index contributed by atoms with van der Waals surface area (Å²) in [4.78, 5) is 16.5. The minimum atomic E-state index is -0.611. The molecule has 0 radical (unpaired) electrons. The molecule has 146 valence electrons. The molecule has 7 nitrogen and oxygen atoms in total. The van der Waals surface area contributed by atoms with Gasteiger partial charge >= 0.3 is 0 Å². The first kappa shape index (κ1) is 18.6. The highest BCUT2D eigenvalue weighted by Crippen LogP contribution is 2.24. The molecule has 0 saturated carbocycles. The predicted octanol–water partition coefficient (Wildman–Crippen LogP) is 2.83. The summed E-state index contributed by atoms with van der Waals surface area (Å²) in [6.07, 6.45) is 1.23. The fraction of sp³-hybridized carbons (Fsp3) is 0.136. The van der Waals surface area contributed by atoms with Gasteiger partial charge in [-0.05, 0) is 36.2 Å². The van der Waals surface area contributed by atoms with Crippen LogP contribution in [0.3, 0.4) is 0 Å². The van der Waals surface area contributed by atoms with Crippen LogP contribution in [0.2, 0.25) is 0 Å². The molecule has 29 heavy (non-hydrogen) atoms. The van der Waals surface area contributed by atoms with E-state index in [-0.39, 0.29) is 5.91 Å². The summed E-state index contributed by atoms with van der Waals surface area (Å²) in [5.41, 5.74) is 9.65. The fourth-order valence-corrected chi connectivity index (χ4v) is 3.26. The van der Waals surface area contributed by atoms with Gasteiger partial charge in [-0.2, -0.15) is 5.10 Å². The lowest BCUT2D eigenvalue weighted by Gasteiger charge is -2.12. The molecule has 2 aromatic carbocycles. The van der Waals surface area contributed by atoms with Crippen LogP contribution in [0.5, 0.6) is 0 Å². The van der Waals surface area contributed by atoms with Gasteiger partial charge in [0.05, 0.1) is 11.8 Å². The van der Waals surface area contributed by atoms with Crippen molar-refractivity contribution in [1.82, 2.24) is 19.9 Å². The third-order valence-electron chi connectivity index (χ3n) is 4.79. The van der Waals surface area contributed by atoms with Gasteiger partial charge in [-0.25, -0.2) is 9.50 Å². The summed E-state index contributed by atoms with van der Waals surface area (Å²) in [6, 6.07) is 20.5. The first-order chi connectivity index (χ1) is 14.1. The van der Waals surface area contributed by atoms with Gasteiger partial charge in [0, 0.05) is 17.7 Å². The quantitative estimate of drug-likeness (QED) is 0.472. The number of aromatic nitrogens is 3. The largest absolute Gasteiger partial charge is 0.388 e. The van der Waals surface area contributed by atoms with E-state index in [1.165, 1.54) is 6.33 Å². The van der Waals surface area contributed by atoms with Crippen LogP contribution in [0.4, 0.5) is 5.82 Å². The lowest BCUT2D eigenvalue weighted by molar-refractivity contribution is 0.0942. The van der Waals surface area contributed by atoms with Crippen LogP contribution in [-0.4, -0.2) is 32.2 Å². The molecule has 0 aliphatic heterocycles. The molecule has 0 fully saturated rings. The average Bonchev–Trinajstić information content (AvgIpc) is 3.20. The van der Waals surface area contributed by atoms with Crippen molar-refractivity contribution in [3.63, 3.8) is 0 Å². The molecular formula is C22H21N5O2. The normalized spacial score (nSPS) is 12.0. The van der Waals surface area contributed by atoms with Crippen molar-refractivity contribution in [2.24, 2.45) is 0 Å². The second-order valence-corrected chi connectivity index (χ2v) is 6.71. The topological polar surface area (TPSA) is 106 Å². The molecule has 0 saturated heterocycles. The van der Waals surface area contributed by atoms with Crippen molar-refractivity contribution in [1.29, 1.82) is 0 Å². The number of rotatable bonds is 6. The number of amides is 1. The number of hydrogen-bond donors (Lipinski definition) is 3. The van der Waals surface area contributed by atoms with Gasteiger partial charge in [0.2, 0.25) is 0 Å². The van der Waals surface area contributed by atoms with Gasteiger partial charge in [-0.3, -0.25) is 4.79 Å². The van der Waals surface area contributed by atoms with Crippen molar-refractivity contribution >= 4 is 17.2 Å². The van der Waals surface area contributed by atoms with Crippen molar-refractivity contribution < 1.29 is 9.90 Å². The molecule has 0 bridgehead atoms. The molecule has 1 unspecified atom stereocenters. The lowest BCUT2D eigenvalue weighted by Crippen LogP contribution is -2.25. The molecule has 1 atom stereocenters. The standard InChI is InChI=1S/C22H21N5O2/c23-21-19-10-9-18(27(19)26-14-25-21)16-7-4-8-17(13-16)22(29)24-12-11-20(28)15-5-2-1-3-6-15/h1-10,13-14,20,28H,11-12H2,(H,24,29)(H2,23,25,26). The maximum Gasteiger partial charge on any atom is 0.251 e. The fourth-order valence-electron chi connectivity index (χ4n) is 3.26. The molecule has 0 aliphatic carbocycles. The molecular weight excluding hydrogens is 366 g/mol. The molecule has 7 heteroatoms. The third kappa shape index (κ3) is 3.95. The Hall–Kier alpha value is -3.71. The highest BCUT2D eigenvalue weighted by molar-refractivity contribution is 5.95. The highest BCUT2D eigenvalue weighted by Gasteiger charge is 2.12. The third-order valence-corrected chi connectivity index (χ3v) is 4.79. The first-order valence-corrected chi connectivity index (χ1v) is 9.33. The monoisotopic (exact) mass is 387 g/mol. The zero-order valence-electron chi connectivity index (χ0n) is 15.7. The number of nitrogens with one attached hydrogen (secondary N) is 1. The van der Waals surface area contributed by atoms with E-state index in [1.807, 2.05) is 60.7 Å². The maximum atomic E-state index is 12.6. The average molecular weight is 387 g/mol. The minimum Gasteiger partial charge on any atom is -0.388 e. The summed E-state index contributed by atoms with van der Waals surface area (Å²) >= 11 is 0. The number of aliphatic hydroxyl groups excluding tert-OH is 1. The Morgan fingerprint density at radius 1 is 1.10 bits per heavy atom. The van der Waals surface area contributed by atoms with Gasteiger partial charge < -0.3 is 16.2 Å². The van der Waals surface area contributed by atoms with E-state index in [2.05, 4.69) is 15.4 Å². The van der Waals surface area contributed by atoms with Gasteiger partial charge in [-0.15, -0.1) is 0 Å². The van der Waals surface area contributed by atoms with Crippen molar-refractivity contribution in [2.45, 2.75) is 12.5 Å². The van der Waals surface area contributed by atoms with E-state index in [4.69, 9.17) is 5.73 Å². The molecule has 0 spiro atoms. The number of carbonyl (C=O) groups is 1. The van der Waals surface area contributed by atoms with Crippen LogP contribution in [0.1, 0.15) is 28.4 Å². The van der Waals surface area contributed by atoms with Crippen LogP contribution >= 0.6 is 0 Å². The number of benzene rings is 2. The van der Waals surface area contributed by atoms with Crippen LogP contribution in [0, 0.1) is 0 Å². The van der Waals surface area contributed by atoms with Gasteiger partial charge in [-0.1, -0.05) is 42.5 Å². The molecule has 1 amide bonds. The number of nitrogens with zero attached hydrogens (tertiary/aromatic N) is 3. The number of fused-ring (bicyclic) bond motifs is 1. The van der Waals surface area contributed by atoms with E-state index < -0.39 is 6.10 Å². The smallest absolute Gasteiger partial charge is 0.251 e. The van der Waals surface area contributed by atoms with Crippen molar-refractivity contribution in [2.75, 3.05) is 12.3 Å². The molecule has 2 aromatic heterocycles. The summed E-state index contributed by atoms with van der Waals surface area (Å²) in [6.45, 7) is 0.372. The van der Waals surface area contributed by atoms with Crippen LogP contribution in [-0.2, 0) is 0 Å². The second kappa shape index (κ2) is 8.12. The van der Waals surface area contributed by atoms with Crippen molar-refractivity contribution in [3.05, 3.63) is 84.2 Å². The Balaban J connectivity index is 1.45.